The Morgan fingerprint density at radius 2 is 0.917 bits per heavy atom. The Kier molecular flexibility index (Phi) is 6.64. The maximum atomic E-state index is 5.13. The van der Waals surface area contributed by atoms with Gasteiger partial charge in [-0.3, -0.25) is 9.13 Å². The van der Waals surface area contributed by atoms with Crippen molar-refractivity contribution in [3.05, 3.63) is 157 Å². The molecule has 48 heavy (non-hydrogen) atoms. The first-order valence-corrected chi connectivity index (χ1v) is 16.2. The highest BCUT2D eigenvalue weighted by atomic mass is 15.2. The highest BCUT2D eigenvalue weighted by Gasteiger charge is 2.18. The molecule has 0 atom stereocenters. The lowest BCUT2D eigenvalue weighted by atomic mass is 10.0. The summed E-state index contributed by atoms with van der Waals surface area (Å²) in [6.45, 7) is 2.14. The van der Waals surface area contributed by atoms with Gasteiger partial charge in [0.05, 0.1) is 22.1 Å². The summed E-state index contributed by atoms with van der Waals surface area (Å²) >= 11 is 0. The summed E-state index contributed by atoms with van der Waals surface area (Å²) in [5.41, 5.74) is 9.40. The topological polar surface area (TPSA) is 61.4 Å². The SMILES string of the molecule is CCc1nc2ccccc2n1-c1ccc(-c2nc(-c3ccc(-c4ccccc4)cc3)nc(-n3c4ccccc4c4ccccc43)n2)cc1. The van der Waals surface area contributed by atoms with E-state index >= 15 is 0 Å². The van der Waals surface area contributed by atoms with E-state index < -0.39 is 0 Å². The zero-order valence-electron chi connectivity index (χ0n) is 26.3. The van der Waals surface area contributed by atoms with Crippen molar-refractivity contribution >= 4 is 32.8 Å². The first kappa shape index (κ1) is 27.9. The molecule has 0 amide bonds. The number of fused-ring (bicyclic) bond motifs is 4. The molecule has 0 unspecified atom stereocenters. The second-order valence-electron chi connectivity index (χ2n) is 11.8. The molecule has 0 aliphatic heterocycles. The van der Waals surface area contributed by atoms with E-state index in [1.165, 1.54) is 5.56 Å². The van der Waals surface area contributed by atoms with E-state index in [4.69, 9.17) is 19.9 Å². The van der Waals surface area contributed by atoms with Crippen molar-refractivity contribution in [2.75, 3.05) is 0 Å². The van der Waals surface area contributed by atoms with E-state index in [1.54, 1.807) is 0 Å². The first-order valence-electron chi connectivity index (χ1n) is 16.2. The largest absolute Gasteiger partial charge is 0.296 e. The Labute approximate surface area is 277 Å². The van der Waals surface area contributed by atoms with Gasteiger partial charge in [0, 0.05) is 34.0 Å². The lowest BCUT2D eigenvalue weighted by molar-refractivity contribution is 0.908. The first-order chi connectivity index (χ1) is 23.7. The van der Waals surface area contributed by atoms with Crippen LogP contribution in [0.15, 0.2) is 152 Å². The minimum absolute atomic E-state index is 0.581. The standard InChI is InChI=1S/C42H30N6/c1-2-39-43-35-16-8-11-19-38(35)47(39)32-26-24-31(25-27-32)41-44-40(30-22-20-29(21-23-30)28-12-4-3-5-13-28)45-42(46-41)48-36-17-9-6-14-33(36)34-15-7-10-18-37(34)48/h3-27H,2H2,1H3. The van der Waals surface area contributed by atoms with E-state index in [1.807, 2.05) is 12.1 Å². The number of aromatic nitrogens is 6. The number of benzene rings is 6. The van der Waals surface area contributed by atoms with E-state index in [0.717, 1.165) is 67.5 Å². The highest BCUT2D eigenvalue weighted by molar-refractivity contribution is 6.09. The van der Waals surface area contributed by atoms with Gasteiger partial charge in [0.1, 0.15) is 5.82 Å². The van der Waals surface area contributed by atoms with Gasteiger partial charge in [-0.2, -0.15) is 9.97 Å². The van der Waals surface area contributed by atoms with Gasteiger partial charge in [-0.15, -0.1) is 0 Å². The fraction of sp³-hybridized carbons (Fsp3) is 0.0476. The molecule has 0 aliphatic rings. The summed E-state index contributed by atoms with van der Waals surface area (Å²) in [6.07, 6.45) is 0.832. The molecule has 6 nitrogen and oxygen atoms in total. The molecule has 9 aromatic rings. The van der Waals surface area contributed by atoms with Gasteiger partial charge >= 0.3 is 0 Å². The molecule has 0 N–H and O–H groups in total. The highest BCUT2D eigenvalue weighted by Crippen LogP contribution is 2.33. The number of imidazole rings is 1. The predicted octanol–water partition coefficient (Wildman–Crippen LogP) is 9.87. The minimum atomic E-state index is 0.581. The van der Waals surface area contributed by atoms with Gasteiger partial charge in [-0.1, -0.05) is 110 Å². The van der Waals surface area contributed by atoms with Crippen molar-refractivity contribution in [1.29, 1.82) is 0 Å². The normalized spacial score (nSPS) is 11.5. The molecular formula is C42H30N6. The Morgan fingerprint density at radius 3 is 1.54 bits per heavy atom. The second-order valence-corrected chi connectivity index (χ2v) is 11.8. The van der Waals surface area contributed by atoms with Crippen molar-refractivity contribution in [2.45, 2.75) is 13.3 Å². The molecule has 9 rings (SSSR count). The number of nitrogens with zero attached hydrogens (tertiary/aromatic N) is 6. The fourth-order valence-electron chi connectivity index (χ4n) is 6.66. The van der Waals surface area contributed by atoms with Crippen LogP contribution in [-0.4, -0.2) is 29.1 Å². The summed E-state index contributed by atoms with van der Waals surface area (Å²) in [4.78, 5) is 20.2. The van der Waals surface area contributed by atoms with Crippen molar-refractivity contribution in [1.82, 2.24) is 29.1 Å². The van der Waals surface area contributed by atoms with Gasteiger partial charge in [0.2, 0.25) is 5.95 Å². The Balaban J connectivity index is 1.21. The van der Waals surface area contributed by atoms with Crippen molar-refractivity contribution in [3.63, 3.8) is 0 Å². The monoisotopic (exact) mass is 618 g/mol. The number of hydrogen-bond donors (Lipinski definition) is 0. The van der Waals surface area contributed by atoms with Crippen LogP contribution in [0.4, 0.5) is 0 Å². The molecule has 228 valence electrons. The Bertz CT molecular complexity index is 2530. The quantitative estimate of drug-likeness (QED) is 0.186. The maximum Gasteiger partial charge on any atom is 0.238 e. The van der Waals surface area contributed by atoms with Gasteiger partial charge in [-0.05, 0) is 59.7 Å². The molecule has 6 heteroatoms. The van der Waals surface area contributed by atoms with E-state index in [-0.39, 0.29) is 0 Å². The molecule has 6 aromatic carbocycles. The maximum absolute atomic E-state index is 5.13. The van der Waals surface area contributed by atoms with Crippen LogP contribution >= 0.6 is 0 Å². The number of aryl methyl sites for hydroxylation is 1. The van der Waals surface area contributed by atoms with Gasteiger partial charge in [-0.25, -0.2) is 9.97 Å². The third kappa shape index (κ3) is 4.65. The third-order valence-corrected chi connectivity index (χ3v) is 8.98. The predicted molar refractivity (Wildman–Crippen MR) is 194 cm³/mol. The molecule has 0 saturated carbocycles. The second kappa shape index (κ2) is 11.4. The van der Waals surface area contributed by atoms with Crippen LogP contribution in [-0.2, 0) is 6.42 Å². The average Bonchev–Trinajstić information content (AvgIpc) is 3.71. The van der Waals surface area contributed by atoms with Crippen molar-refractivity contribution < 1.29 is 0 Å². The molecule has 0 bridgehead atoms. The number of rotatable bonds is 6. The van der Waals surface area contributed by atoms with Gasteiger partial charge in [0.15, 0.2) is 11.6 Å². The molecule has 0 aliphatic carbocycles. The van der Waals surface area contributed by atoms with Crippen LogP contribution in [0.5, 0.6) is 0 Å². The van der Waals surface area contributed by atoms with Crippen LogP contribution in [0.25, 0.3) is 78.4 Å². The molecular weight excluding hydrogens is 589 g/mol. The summed E-state index contributed by atoms with van der Waals surface area (Å²) in [7, 11) is 0. The molecule has 0 radical (unpaired) electrons. The Morgan fingerprint density at radius 1 is 0.417 bits per heavy atom. The Hall–Kier alpha value is -6.40. The minimum Gasteiger partial charge on any atom is -0.296 e. The lowest BCUT2D eigenvalue weighted by Crippen LogP contribution is -2.06. The van der Waals surface area contributed by atoms with Crippen LogP contribution < -0.4 is 0 Å². The van der Waals surface area contributed by atoms with E-state index in [0.29, 0.717) is 17.6 Å². The molecule has 0 fully saturated rings. The van der Waals surface area contributed by atoms with Crippen LogP contribution in [0, 0.1) is 0 Å². The zero-order valence-corrected chi connectivity index (χ0v) is 26.3. The molecule has 0 saturated heterocycles. The molecule has 3 heterocycles. The van der Waals surface area contributed by atoms with E-state index in [9.17, 15) is 0 Å². The lowest BCUT2D eigenvalue weighted by Gasteiger charge is -2.12. The molecule has 0 spiro atoms. The summed E-state index contributed by atoms with van der Waals surface area (Å²) in [5.74, 6) is 2.84. The fourth-order valence-corrected chi connectivity index (χ4v) is 6.66. The number of para-hydroxylation sites is 4. The third-order valence-electron chi connectivity index (χ3n) is 8.98. The van der Waals surface area contributed by atoms with Crippen LogP contribution in [0.2, 0.25) is 0 Å². The summed E-state index contributed by atoms with van der Waals surface area (Å²) in [6, 6.07) is 52.4. The molecule has 3 aromatic heterocycles. The number of hydrogen-bond acceptors (Lipinski definition) is 4. The van der Waals surface area contributed by atoms with Crippen LogP contribution in [0.3, 0.4) is 0 Å². The van der Waals surface area contributed by atoms with Crippen LogP contribution in [0.1, 0.15) is 12.7 Å². The smallest absolute Gasteiger partial charge is 0.238 e. The summed E-state index contributed by atoms with van der Waals surface area (Å²) in [5, 5.41) is 2.32. The van der Waals surface area contributed by atoms with Crippen molar-refractivity contribution in [3.8, 4) is 45.5 Å². The summed E-state index contributed by atoms with van der Waals surface area (Å²) < 4.78 is 4.38. The van der Waals surface area contributed by atoms with Gasteiger partial charge in [0.25, 0.3) is 0 Å². The van der Waals surface area contributed by atoms with E-state index in [2.05, 4.69) is 156 Å². The zero-order chi connectivity index (χ0) is 32.0. The van der Waals surface area contributed by atoms with Gasteiger partial charge < -0.3 is 0 Å². The average molecular weight is 619 g/mol. The van der Waals surface area contributed by atoms with Crippen molar-refractivity contribution in [2.24, 2.45) is 0 Å².